The monoisotopic (exact) mass is 298 g/mol. The molecule has 0 aromatic carbocycles. The van der Waals surface area contributed by atoms with Crippen LogP contribution in [0.15, 0.2) is 9.59 Å². The van der Waals surface area contributed by atoms with E-state index in [2.05, 4.69) is 9.97 Å². The highest BCUT2D eigenvalue weighted by Gasteiger charge is 2.32. The molecule has 0 saturated carbocycles. The van der Waals surface area contributed by atoms with Crippen LogP contribution in [0.25, 0.3) is 10.3 Å². The Morgan fingerprint density at radius 2 is 2.30 bits per heavy atom. The Labute approximate surface area is 116 Å². The van der Waals surface area contributed by atoms with Gasteiger partial charge in [0.1, 0.15) is 10.9 Å². The molecule has 20 heavy (non-hydrogen) atoms. The van der Waals surface area contributed by atoms with Crippen molar-refractivity contribution in [2.45, 2.75) is 38.2 Å². The lowest BCUT2D eigenvalue weighted by Gasteiger charge is -2.16. The average molecular weight is 298 g/mol. The third-order valence-electron chi connectivity index (χ3n) is 3.35. The number of thiazole rings is 1. The minimum atomic E-state index is -0.609. The van der Waals surface area contributed by atoms with Crippen LogP contribution in [0.4, 0.5) is 5.95 Å². The number of fused-ring (bicyclic) bond motifs is 1. The lowest BCUT2D eigenvalue weighted by molar-refractivity contribution is -0.0521. The van der Waals surface area contributed by atoms with Crippen molar-refractivity contribution in [1.82, 2.24) is 14.5 Å². The summed E-state index contributed by atoms with van der Waals surface area (Å²) >= 11 is 0.814. The molecule has 0 amide bonds. The number of nitrogens with one attached hydrogen (secondary N) is 1. The maximum absolute atomic E-state index is 12.1. The predicted octanol–water partition coefficient (Wildman–Crippen LogP) is -0.213. The van der Waals surface area contributed by atoms with Crippen molar-refractivity contribution in [3.8, 4) is 0 Å². The van der Waals surface area contributed by atoms with Gasteiger partial charge in [-0.3, -0.25) is 19.1 Å². The number of aromatic nitrogens is 3. The van der Waals surface area contributed by atoms with Gasteiger partial charge in [0.25, 0.3) is 5.56 Å². The Balaban J connectivity index is 2.11. The van der Waals surface area contributed by atoms with E-state index < -0.39 is 17.9 Å². The summed E-state index contributed by atoms with van der Waals surface area (Å²) in [5, 5.41) is 9.54. The summed E-state index contributed by atoms with van der Waals surface area (Å²) in [6.07, 6.45) is -0.228. The van der Waals surface area contributed by atoms with Gasteiger partial charge in [0.05, 0.1) is 12.2 Å². The van der Waals surface area contributed by atoms with Gasteiger partial charge in [-0.1, -0.05) is 11.3 Å². The van der Waals surface area contributed by atoms with E-state index in [0.29, 0.717) is 12.8 Å². The molecule has 9 heteroatoms. The van der Waals surface area contributed by atoms with Gasteiger partial charge in [0.2, 0.25) is 5.95 Å². The van der Waals surface area contributed by atoms with Crippen LogP contribution in [0.2, 0.25) is 0 Å². The highest BCUT2D eigenvalue weighted by atomic mass is 32.1. The first-order valence-electron chi connectivity index (χ1n) is 6.21. The van der Waals surface area contributed by atoms with Crippen molar-refractivity contribution in [1.29, 1.82) is 0 Å². The fourth-order valence-electron chi connectivity index (χ4n) is 2.39. The molecule has 2 aromatic heterocycles. The second kappa shape index (κ2) is 4.69. The second-order valence-electron chi connectivity index (χ2n) is 4.79. The van der Waals surface area contributed by atoms with E-state index in [9.17, 15) is 14.7 Å². The van der Waals surface area contributed by atoms with Crippen molar-refractivity contribution in [3.05, 3.63) is 20.0 Å². The van der Waals surface area contributed by atoms with Crippen LogP contribution in [0.5, 0.6) is 0 Å². The van der Waals surface area contributed by atoms with Crippen LogP contribution in [-0.2, 0) is 4.74 Å². The molecule has 8 nitrogen and oxygen atoms in total. The first-order valence-corrected chi connectivity index (χ1v) is 7.03. The van der Waals surface area contributed by atoms with Crippen LogP contribution in [0.1, 0.15) is 26.0 Å². The molecule has 0 spiro atoms. The molecule has 2 aromatic rings. The Morgan fingerprint density at radius 1 is 1.55 bits per heavy atom. The molecule has 1 aliphatic heterocycles. The van der Waals surface area contributed by atoms with E-state index in [1.807, 2.05) is 0 Å². The number of rotatable bonds is 2. The summed E-state index contributed by atoms with van der Waals surface area (Å²) < 4.78 is 7.23. The number of hydrogen-bond acceptors (Lipinski definition) is 7. The topological polar surface area (TPSA) is 123 Å². The molecule has 108 valence electrons. The number of H-pyrrole nitrogens is 1. The van der Waals surface area contributed by atoms with Gasteiger partial charge in [-0.25, -0.2) is 0 Å². The predicted molar refractivity (Wildman–Crippen MR) is 73.7 cm³/mol. The molecule has 3 rings (SSSR count). The molecule has 3 unspecified atom stereocenters. The smallest absolute Gasteiger partial charge is 0.311 e. The molecular formula is C11H14N4O4S. The average Bonchev–Trinajstić information content (AvgIpc) is 2.93. The Hall–Kier alpha value is -1.71. The molecule has 3 heterocycles. The van der Waals surface area contributed by atoms with Crippen LogP contribution in [0, 0.1) is 0 Å². The molecule has 1 saturated heterocycles. The van der Waals surface area contributed by atoms with Crippen LogP contribution >= 0.6 is 11.3 Å². The number of aromatic amines is 1. The Kier molecular flexibility index (Phi) is 3.11. The number of aliphatic hydroxyl groups is 1. The van der Waals surface area contributed by atoms with Crippen LogP contribution < -0.4 is 16.2 Å². The maximum Gasteiger partial charge on any atom is 0.311 e. The van der Waals surface area contributed by atoms with Crippen molar-refractivity contribution in [2.24, 2.45) is 0 Å². The highest BCUT2D eigenvalue weighted by molar-refractivity contribution is 7.16. The summed E-state index contributed by atoms with van der Waals surface area (Å²) in [6.45, 7) is 1.64. The molecule has 1 fully saturated rings. The molecule has 3 atom stereocenters. The van der Waals surface area contributed by atoms with Crippen molar-refractivity contribution in [2.75, 3.05) is 5.73 Å². The zero-order valence-corrected chi connectivity index (χ0v) is 11.5. The zero-order valence-electron chi connectivity index (χ0n) is 10.7. The number of nitrogens with two attached hydrogens (primary N) is 1. The van der Waals surface area contributed by atoms with E-state index in [4.69, 9.17) is 10.5 Å². The van der Waals surface area contributed by atoms with E-state index in [1.165, 1.54) is 4.57 Å². The molecule has 1 aliphatic rings. The molecular weight excluding hydrogens is 284 g/mol. The number of nitrogens with zero attached hydrogens (tertiary/aromatic N) is 2. The van der Waals surface area contributed by atoms with Gasteiger partial charge in [0.15, 0.2) is 5.65 Å². The van der Waals surface area contributed by atoms with Crippen LogP contribution in [-0.4, -0.2) is 31.8 Å². The third-order valence-corrected chi connectivity index (χ3v) is 4.29. The quantitative estimate of drug-likeness (QED) is 0.704. The van der Waals surface area contributed by atoms with Gasteiger partial charge in [-0.05, 0) is 19.8 Å². The SMILES string of the molecule is CC(O)C1CCC(n2c(=O)sc3c(=O)[nH]c(N)nc32)O1. The number of aliphatic hydroxyl groups excluding tert-OH is 1. The summed E-state index contributed by atoms with van der Waals surface area (Å²) in [7, 11) is 0. The van der Waals surface area contributed by atoms with Gasteiger partial charge >= 0.3 is 4.87 Å². The van der Waals surface area contributed by atoms with E-state index in [0.717, 1.165) is 11.3 Å². The number of hydrogen-bond donors (Lipinski definition) is 3. The van der Waals surface area contributed by atoms with Gasteiger partial charge in [-0.2, -0.15) is 4.98 Å². The second-order valence-corrected chi connectivity index (χ2v) is 5.75. The standard InChI is InChI=1S/C11H14N4O4S/c1-4(16)5-2-3-6(19-5)15-8-7(20-11(15)18)9(17)14-10(12)13-8/h4-6,16H,2-3H2,1H3,(H3,12,13,14,17). The summed E-state index contributed by atoms with van der Waals surface area (Å²) in [5.74, 6) is -0.0425. The number of nitrogen functional groups attached to an aromatic ring is 1. The summed E-state index contributed by atoms with van der Waals surface area (Å²) in [5.41, 5.74) is 5.32. The lowest BCUT2D eigenvalue weighted by atomic mass is 10.1. The third kappa shape index (κ3) is 2.03. The highest BCUT2D eigenvalue weighted by Crippen LogP contribution is 2.31. The first kappa shape index (κ1) is 13.3. The van der Waals surface area contributed by atoms with Gasteiger partial charge in [0, 0.05) is 0 Å². The largest absolute Gasteiger partial charge is 0.391 e. The number of anilines is 1. The lowest BCUT2D eigenvalue weighted by Crippen LogP contribution is -2.25. The minimum absolute atomic E-state index is 0.0425. The Bertz CT molecular complexity index is 762. The van der Waals surface area contributed by atoms with Crippen molar-refractivity contribution < 1.29 is 9.84 Å². The summed E-state index contributed by atoms with van der Waals surface area (Å²) in [4.78, 5) is 29.9. The minimum Gasteiger partial charge on any atom is -0.391 e. The molecule has 0 bridgehead atoms. The van der Waals surface area contributed by atoms with Gasteiger partial charge in [-0.15, -0.1) is 0 Å². The molecule has 0 radical (unpaired) electrons. The normalized spacial score (nSPS) is 24.3. The summed E-state index contributed by atoms with van der Waals surface area (Å²) in [6, 6.07) is 0. The fraction of sp³-hybridized carbons (Fsp3) is 0.545. The maximum atomic E-state index is 12.1. The van der Waals surface area contributed by atoms with E-state index >= 15 is 0 Å². The van der Waals surface area contributed by atoms with Crippen molar-refractivity contribution in [3.63, 3.8) is 0 Å². The fourth-order valence-corrected chi connectivity index (χ4v) is 3.25. The van der Waals surface area contributed by atoms with E-state index in [-0.39, 0.29) is 27.3 Å². The van der Waals surface area contributed by atoms with Gasteiger partial charge < -0.3 is 15.6 Å². The van der Waals surface area contributed by atoms with Crippen molar-refractivity contribution >= 4 is 27.6 Å². The molecule has 0 aliphatic carbocycles. The first-order chi connectivity index (χ1) is 9.47. The zero-order chi connectivity index (χ0) is 14.4. The number of ether oxygens (including phenoxy) is 1. The van der Waals surface area contributed by atoms with E-state index in [1.54, 1.807) is 6.92 Å². The molecule has 4 N–H and O–H groups in total. The van der Waals surface area contributed by atoms with Crippen LogP contribution in [0.3, 0.4) is 0 Å². The Morgan fingerprint density at radius 3 is 2.95 bits per heavy atom.